The minimum absolute atomic E-state index is 0.119. The van der Waals surface area contributed by atoms with Crippen molar-refractivity contribution in [3.05, 3.63) is 64.2 Å². The maximum absolute atomic E-state index is 11.8. The highest BCUT2D eigenvalue weighted by atomic mass is 16.6. The zero-order chi connectivity index (χ0) is 17.7. The van der Waals surface area contributed by atoms with Crippen LogP contribution in [0.25, 0.3) is 0 Å². The van der Waals surface area contributed by atoms with Gasteiger partial charge in [0.25, 0.3) is 5.69 Å². The van der Waals surface area contributed by atoms with Gasteiger partial charge in [0.2, 0.25) is 5.91 Å². The molecule has 9 heteroatoms. The minimum Gasteiger partial charge on any atom is -0.366 e. The highest BCUT2D eigenvalue weighted by Crippen LogP contribution is 2.17. The second-order valence-corrected chi connectivity index (χ2v) is 4.66. The van der Waals surface area contributed by atoms with Crippen molar-refractivity contribution in [2.75, 3.05) is 10.6 Å². The van der Waals surface area contributed by atoms with Gasteiger partial charge in [0.05, 0.1) is 4.92 Å². The van der Waals surface area contributed by atoms with E-state index in [1.54, 1.807) is 0 Å². The van der Waals surface area contributed by atoms with Crippen LogP contribution < -0.4 is 16.4 Å². The van der Waals surface area contributed by atoms with E-state index >= 15 is 0 Å². The third-order valence-electron chi connectivity index (χ3n) is 2.95. The number of nitrogens with two attached hydrogens (primary N) is 1. The molecule has 0 heterocycles. The normalized spacial score (nSPS) is 9.83. The summed E-state index contributed by atoms with van der Waals surface area (Å²) in [5.74, 6) is -2.57. The van der Waals surface area contributed by atoms with Gasteiger partial charge >= 0.3 is 11.8 Å². The number of carbonyl (C=O) groups excluding carboxylic acids is 3. The van der Waals surface area contributed by atoms with Crippen molar-refractivity contribution in [3.63, 3.8) is 0 Å². The Balaban J connectivity index is 2.02. The van der Waals surface area contributed by atoms with Gasteiger partial charge in [0.1, 0.15) is 0 Å². The number of amides is 3. The van der Waals surface area contributed by atoms with Crippen LogP contribution in [-0.2, 0) is 9.59 Å². The molecular formula is C15H12N4O5. The van der Waals surface area contributed by atoms with E-state index in [4.69, 9.17) is 5.73 Å². The average molecular weight is 328 g/mol. The van der Waals surface area contributed by atoms with E-state index in [0.29, 0.717) is 5.69 Å². The lowest BCUT2D eigenvalue weighted by Crippen LogP contribution is -2.29. The van der Waals surface area contributed by atoms with Gasteiger partial charge in [0, 0.05) is 29.1 Å². The quantitative estimate of drug-likeness (QED) is 0.439. The number of nitro benzene ring substituents is 1. The first-order valence-electron chi connectivity index (χ1n) is 6.63. The van der Waals surface area contributed by atoms with Crippen molar-refractivity contribution in [2.45, 2.75) is 0 Å². The van der Waals surface area contributed by atoms with Crippen LogP contribution >= 0.6 is 0 Å². The van der Waals surface area contributed by atoms with Crippen LogP contribution in [0.1, 0.15) is 10.4 Å². The Bertz CT molecular complexity index is 817. The van der Waals surface area contributed by atoms with Crippen molar-refractivity contribution in [2.24, 2.45) is 5.73 Å². The number of nitro groups is 1. The van der Waals surface area contributed by atoms with E-state index < -0.39 is 22.6 Å². The van der Waals surface area contributed by atoms with Crippen molar-refractivity contribution >= 4 is 34.8 Å². The molecule has 0 spiro atoms. The van der Waals surface area contributed by atoms with Crippen molar-refractivity contribution in [1.82, 2.24) is 0 Å². The number of hydrogen-bond acceptors (Lipinski definition) is 5. The van der Waals surface area contributed by atoms with Gasteiger partial charge in [-0.2, -0.15) is 0 Å². The zero-order valence-electron chi connectivity index (χ0n) is 12.2. The molecule has 0 aliphatic rings. The Labute approximate surface area is 135 Å². The van der Waals surface area contributed by atoms with E-state index in [2.05, 4.69) is 10.6 Å². The molecule has 3 amide bonds. The van der Waals surface area contributed by atoms with Gasteiger partial charge < -0.3 is 16.4 Å². The predicted molar refractivity (Wildman–Crippen MR) is 85.3 cm³/mol. The molecule has 0 bridgehead atoms. The molecule has 24 heavy (non-hydrogen) atoms. The lowest BCUT2D eigenvalue weighted by Gasteiger charge is -2.07. The molecule has 122 valence electrons. The van der Waals surface area contributed by atoms with Crippen LogP contribution in [0, 0.1) is 10.1 Å². The first-order chi connectivity index (χ1) is 11.4. The first kappa shape index (κ1) is 16.6. The van der Waals surface area contributed by atoms with Gasteiger partial charge in [-0.15, -0.1) is 0 Å². The van der Waals surface area contributed by atoms with Gasteiger partial charge in [-0.3, -0.25) is 24.5 Å². The Hall–Kier alpha value is -3.75. The monoisotopic (exact) mass is 328 g/mol. The van der Waals surface area contributed by atoms with Crippen molar-refractivity contribution < 1.29 is 19.3 Å². The Morgan fingerprint density at radius 1 is 0.917 bits per heavy atom. The van der Waals surface area contributed by atoms with Crippen LogP contribution in [0.15, 0.2) is 48.5 Å². The molecular weight excluding hydrogens is 316 g/mol. The van der Waals surface area contributed by atoms with Gasteiger partial charge in [0.15, 0.2) is 0 Å². The SMILES string of the molecule is NC(=O)c1ccc(NC(=O)C(=O)Nc2cccc([N+](=O)[O-])c2)cc1. The number of anilines is 2. The van der Waals surface area contributed by atoms with Gasteiger partial charge in [-0.25, -0.2) is 0 Å². The summed E-state index contributed by atoms with van der Waals surface area (Å²) in [6, 6.07) is 10.8. The van der Waals surface area contributed by atoms with Gasteiger partial charge in [-0.05, 0) is 30.3 Å². The highest BCUT2D eigenvalue weighted by molar-refractivity contribution is 6.43. The summed E-state index contributed by atoms with van der Waals surface area (Å²) in [6.07, 6.45) is 0. The summed E-state index contributed by atoms with van der Waals surface area (Å²) < 4.78 is 0. The zero-order valence-corrected chi connectivity index (χ0v) is 12.2. The van der Waals surface area contributed by atoms with E-state index in [1.165, 1.54) is 42.5 Å². The second kappa shape index (κ2) is 7.01. The number of non-ortho nitro benzene ring substituents is 1. The van der Waals surface area contributed by atoms with E-state index in [1.807, 2.05) is 0 Å². The molecule has 2 rings (SSSR count). The molecule has 2 aromatic rings. The molecule has 4 N–H and O–H groups in total. The van der Waals surface area contributed by atoms with Gasteiger partial charge in [-0.1, -0.05) is 6.07 Å². The highest BCUT2D eigenvalue weighted by Gasteiger charge is 2.15. The molecule has 0 aliphatic carbocycles. The fourth-order valence-electron chi connectivity index (χ4n) is 1.79. The summed E-state index contributed by atoms with van der Waals surface area (Å²) in [7, 11) is 0. The van der Waals surface area contributed by atoms with Crippen LogP contribution in [0.5, 0.6) is 0 Å². The van der Waals surface area contributed by atoms with Crippen LogP contribution in [0.4, 0.5) is 17.1 Å². The predicted octanol–water partition coefficient (Wildman–Crippen LogP) is 1.27. The summed E-state index contributed by atoms with van der Waals surface area (Å²) in [4.78, 5) is 44.6. The topological polar surface area (TPSA) is 144 Å². The van der Waals surface area contributed by atoms with Crippen LogP contribution in [0.2, 0.25) is 0 Å². The maximum atomic E-state index is 11.8. The lowest BCUT2D eigenvalue weighted by molar-refractivity contribution is -0.384. The minimum atomic E-state index is -0.991. The summed E-state index contributed by atoms with van der Waals surface area (Å²) in [5, 5.41) is 15.3. The molecule has 0 saturated heterocycles. The number of carbonyl (C=O) groups is 3. The molecule has 0 atom stereocenters. The lowest BCUT2D eigenvalue weighted by atomic mass is 10.2. The number of primary amides is 1. The molecule has 0 unspecified atom stereocenters. The Kier molecular flexibility index (Phi) is 4.85. The van der Waals surface area contributed by atoms with Crippen LogP contribution in [-0.4, -0.2) is 22.6 Å². The third-order valence-corrected chi connectivity index (χ3v) is 2.95. The molecule has 0 aliphatic heterocycles. The summed E-state index contributed by atoms with van der Waals surface area (Å²) in [6.45, 7) is 0. The van der Waals surface area contributed by atoms with Crippen LogP contribution in [0.3, 0.4) is 0 Å². The van der Waals surface area contributed by atoms with E-state index in [-0.39, 0.29) is 16.9 Å². The number of rotatable bonds is 4. The van der Waals surface area contributed by atoms with Crippen molar-refractivity contribution in [3.8, 4) is 0 Å². The fourth-order valence-corrected chi connectivity index (χ4v) is 1.79. The Morgan fingerprint density at radius 3 is 2.04 bits per heavy atom. The number of hydrogen-bond donors (Lipinski definition) is 3. The number of nitrogens with one attached hydrogen (secondary N) is 2. The third kappa shape index (κ3) is 4.13. The molecule has 0 saturated carbocycles. The maximum Gasteiger partial charge on any atom is 0.314 e. The molecule has 0 radical (unpaired) electrons. The molecule has 0 fully saturated rings. The molecule has 0 aromatic heterocycles. The number of nitrogens with zero attached hydrogens (tertiary/aromatic N) is 1. The van der Waals surface area contributed by atoms with E-state index in [0.717, 1.165) is 6.07 Å². The average Bonchev–Trinajstić information content (AvgIpc) is 2.55. The Morgan fingerprint density at radius 2 is 1.50 bits per heavy atom. The fraction of sp³-hybridized carbons (Fsp3) is 0. The number of benzene rings is 2. The molecule has 2 aromatic carbocycles. The second-order valence-electron chi connectivity index (χ2n) is 4.66. The van der Waals surface area contributed by atoms with E-state index in [9.17, 15) is 24.5 Å². The largest absolute Gasteiger partial charge is 0.366 e. The standard InChI is InChI=1S/C15H12N4O5/c16-13(20)9-4-6-10(7-5-9)17-14(21)15(22)18-11-2-1-3-12(8-11)19(23)24/h1-8H,(H2,16,20)(H,17,21)(H,18,22). The molecule has 9 nitrogen and oxygen atoms in total. The van der Waals surface area contributed by atoms with Crippen molar-refractivity contribution in [1.29, 1.82) is 0 Å². The first-order valence-corrected chi connectivity index (χ1v) is 6.63. The smallest absolute Gasteiger partial charge is 0.314 e. The summed E-state index contributed by atoms with van der Waals surface area (Å²) in [5.41, 5.74) is 5.55. The summed E-state index contributed by atoms with van der Waals surface area (Å²) >= 11 is 0.